The van der Waals surface area contributed by atoms with Crippen molar-refractivity contribution in [2.24, 2.45) is 0 Å². The number of hydrogen-bond donors (Lipinski definition) is 6. The van der Waals surface area contributed by atoms with E-state index in [2.05, 4.69) is 0 Å². The van der Waals surface area contributed by atoms with Gasteiger partial charge in [0.2, 0.25) is 18.3 Å². The van der Waals surface area contributed by atoms with Gasteiger partial charge in [-0.05, 0) is 42.8 Å². The lowest BCUT2D eigenvalue weighted by atomic mass is 9.99. The minimum absolute atomic E-state index is 0.0389. The molecule has 2 saturated heterocycles. The summed E-state index contributed by atoms with van der Waals surface area (Å²) < 4.78 is 44.0. The van der Waals surface area contributed by atoms with Crippen LogP contribution in [0.2, 0.25) is 0 Å². The number of aldehydes is 1. The van der Waals surface area contributed by atoms with Gasteiger partial charge in [0.15, 0.2) is 23.0 Å². The molecular weight excluding hydrogens is 628 g/mol. The lowest BCUT2D eigenvalue weighted by Gasteiger charge is -2.40. The molecule has 10 unspecified atom stereocenters. The van der Waals surface area contributed by atoms with Crippen LogP contribution in [0, 0.1) is 0 Å². The van der Waals surface area contributed by atoms with Gasteiger partial charge in [0, 0.05) is 0 Å². The third kappa shape index (κ3) is 7.94. The number of rotatable bonds is 12. The summed E-state index contributed by atoms with van der Waals surface area (Å²) in [7, 11) is 3.93. The second kappa shape index (κ2) is 15.7. The molecule has 2 heterocycles. The van der Waals surface area contributed by atoms with Crippen LogP contribution in [0.25, 0.3) is 6.08 Å². The van der Waals surface area contributed by atoms with Crippen LogP contribution in [-0.4, -0.2) is 132 Å². The molecule has 16 nitrogen and oxygen atoms in total. The molecule has 0 amide bonds. The zero-order valence-corrected chi connectivity index (χ0v) is 25.9. The van der Waals surface area contributed by atoms with Crippen LogP contribution in [-0.2, 0) is 19.0 Å². The Kier molecular flexibility index (Phi) is 12.0. The van der Waals surface area contributed by atoms with Crippen molar-refractivity contribution in [3.8, 4) is 28.7 Å². The Bertz CT molecular complexity index is 1390. The zero-order valence-electron chi connectivity index (χ0n) is 25.9. The molecule has 2 aliphatic heterocycles. The summed E-state index contributed by atoms with van der Waals surface area (Å²) in [5, 5.41) is 62.1. The van der Waals surface area contributed by atoms with Gasteiger partial charge in [-0.15, -0.1) is 0 Å². The largest absolute Gasteiger partial charge is 0.493 e. The highest BCUT2D eigenvalue weighted by Crippen LogP contribution is 2.41. The fourth-order valence-corrected chi connectivity index (χ4v) is 4.89. The van der Waals surface area contributed by atoms with Gasteiger partial charge in [0.1, 0.15) is 55.6 Å². The number of hydrogen-bond acceptors (Lipinski definition) is 16. The number of benzene rings is 2. The SMILES string of the molecule is COc1cc(C=CC=O)ccc1OC1OC(COC(=O)c2cc(OC)c(OC3OC(C)C(O)C(O)C3O)c(OC)c2)C(O)C(O)C1O. The third-order valence-electron chi connectivity index (χ3n) is 7.58. The first-order chi connectivity index (χ1) is 22.4. The number of allylic oxidation sites excluding steroid dienone is 1. The Hall–Kier alpha value is -4.00. The summed E-state index contributed by atoms with van der Waals surface area (Å²) in [5.74, 6) is -0.750. The predicted octanol–water partition coefficient (Wildman–Crippen LogP) is -0.826. The molecule has 0 aliphatic carbocycles. The summed E-state index contributed by atoms with van der Waals surface area (Å²) >= 11 is 0. The second-order valence-corrected chi connectivity index (χ2v) is 10.6. The number of aliphatic hydroxyl groups is 6. The Balaban J connectivity index is 1.47. The van der Waals surface area contributed by atoms with Crippen molar-refractivity contribution in [3.05, 3.63) is 47.5 Å². The molecule has 10 atom stereocenters. The van der Waals surface area contributed by atoms with E-state index in [1.165, 1.54) is 58.6 Å². The van der Waals surface area contributed by atoms with Gasteiger partial charge in [0.25, 0.3) is 0 Å². The Labute approximate surface area is 269 Å². The van der Waals surface area contributed by atoms with E-state index in [9.17, 15) is 40.2 Å². The summed E-state index contributed by atoms with van der Waals surface area (Å²) in [6, 6.07) is 7.15. The quantitative estimate of drug-likeness (QED) is 0.0923. The topological polar surface area (TPSA) is 229 Å². The lowest BCUT2D eigenvalue weighted by molar-refractivity contribution is -0.277. The maximum Gasteiger partial charge on any atom is 0.338 e. The fraction of sp³-hybridized carbons (Fsp3) is 0.484. The molecule has 0 radical (unpaired) electrons. The van der Waals surface area contributed by atoms with E-state index in [4.69, 9.17) is 37.9 Å². The molecule has 0 aromatic heterocycles. The molecule has 258 valence electrons. The molecule has 16 heteroatoms. The molecule has 0 bridgehead atoms. The molecule has 0 saturated carbocycles. The first-order valence-electron chi connectivity index (χ1n) is 14.4. The maximum absolute atomic E-state index is 13.1. The summed E-state index contributed by atoms with van der Waals surface area (Å²) in [6.45, 7) is 0.897. The minimum atomic E-state index is -1.74. The van der Waals surface area contributed by atoms with Crippen molar-refractivity contribution in [1.82, 2.24) is 0 Å². The normalized spacial score (nSPS) is 30.8. The number of esters is 1. The Morgan fingerprint density at radius 3 is 1.94 bits per heavy atom. The van der Waals surface area contributed by atoms with Crippen molar-refractivity contribution in [1.29, 1.82) is 0 Å². The third-order valence-corrected chi connectivity index (χ3v) is 7.58. The average Bonchev–Trinajstić information content (AvgIpc) is 3.08. The van der Waals surface area contributed by atoms with Gasteiger partial charge < -0.3 is 68.5 Å². The van der Waals surface area contributed by atoms with Crippen molar-refractivity contribution in [2.75, 3.05) is 27.9 Å². The standard InChI is InChI=1S/C31H38O16/c1-14-22(33)24(35)26(37)30(44-14)47-28-19(41-3)11-16(12-20(28)42-4)29(39)43-13-21-23(34)25(36)27(38)31(46-21)45-17-8-7-15(6-5-9-32)10-18(17)40-2/h5-12,14,21-27,30-31,33-38H,13H2,1-4H3. The monoisotopic (exact) mass is 666 g/mol. The van der Waals surface area contributed by atoms with Gasteiger partial charge in [-0.2, -0.15) is 0 Å². The van der Waals surface area contributed by atoms with Gasteiger partial charge in [0.05, 0.1) is 33.0 Å². The number of ether oxygens (including phenoxy) is 8. The van der Waals surface area contributed by atoms with E-state index >= 15 is 0 Å². The smallest absolute Gasteiger partial charge is 0.338 e. The van der Waals surface area contributed by atoms with E-state index in [0.29, 0.717) is 11.8 Å². The van der Waals surface area contributed by atoms with E-state index < -0.39 is 74.0 Å². The minimum Gasteiger partial charge on any atom is -0.493 e. The van der Waals surface area contributed by atoms with Crippen LogP contribution < -0.4 is 23.7 Å². The van der Waals surface area contributed by atoms with Crippen LogP contribution >= 0.6 is 0 Å². The molecule has 4 rings (SSSR count). The van der Waals surface area contributed by atoms with Gasteiger partial charge in [-0.25, -0.2) is 4.79 Å². The first kappa shape index (κ1) is 35.8. The Morgan fingerprint density at radius 2 is 1.34 bits per heavy atom. The van der Waals surface area contributed by atoms with Gasteiger partial charge in [-0.3, -0.25) is 4.79 Å². The molecule has 2 aliphatic rings. The molecule has 2 fully saturated rings. The van der Waals surface area contributed by atoms with Gasteiger partial charge >= 0.3 is 5.97 Å². The second-order valence-electron chi connectivity index (χ2n) is 10.6. The Morgan fingerprint density at radius 1 is 0.745 bits per heavy atom. The van der Waals surface area contributed by atoms with Crippen molar-refractivity contribution >= 4 is 18.3 Å². The van der Waals surface area contributed by atoms with E-state index in [0.717, 1.165) is 0 Å². The number of aliphatic hydroxyl groups excluding tert-OH is 6. The van der Waals surface area contributed by atoms with Crippen LogP contribution in [0.3, 0.4) is 0 Å². The number of methoxy groups -OCH3 is 3. The van der Waals surface area contributed by atoms with Crippen molar-refractivity contribution in [2.45, 2.75) is 68.3 Å². The van der Waals surface area contributed by atoms with E-state index in [-0.39, 0.29) is 34.3 Å². The van der Waals surface area contributed by atoms with Crippen molar-refractivity contribution < 1.29 is 78.1 Å². The molecule has 0 spiro atoms. The lowest BCUT2D eigenvalue weighted by Crippen LogP contribution is -2.60. The first-order valence-corrected chi connectivity index (χ1v) is 14.4. The average molecular weight is 667 g/mol. The summed E-state index contributed by atoms with van der Waals surface area (Å²) in [4.78, 5) is 23.7. The van der Waals surface area contributed by atoms with Crippen LogP contribution in [0.1, 0.15) is 22.8 Å². The van der Waals surface area contributed by atoms with Crippen LogP contribution in [0.4, 0.5) is 0 Å². The summed E-state index contributed by atoms with van der Waals surface area (Å²) in [5.41, 5.74) is 0.528. The number of carbonyl (C=O) groups is 2. The maximum atomic E-state index is 13.1. The summed E-state index contributed by atoms with van der Waals surface area (Å²) in [6.07, 6.45) is -11.4. The highest BCUT2D eigenvalue weighted by atomic mass is 16.7. The molecule has 2 aromatic rings. The zero-order chi connectivity index (χ0) is 34.4. The van der Waals surface area contributed by atoms with Crippen LogP contribution in [0.5, 0.6) is 28.7 Å². The molecule has 2 aromatic carbocycles. The molecule has 47 heavy (non-hydrogen) atoms. The predicted molar refractivity (Wildman–Crippen MR) is 158 cm³/mol. The molecular formula is C31H38O16. The van der Waals surface area contributed by atoms with E-state index in [1.54, 1.807) is 12.1 Å². The van der Waals surface area contributed by atoms with E-state index in [1.807, 2.05) is 0 Å². The van der Waals surface area contributed by atoms with Gasteiger partial charge in [-0.1, -0.05) is 12.1 Å². The molecule has 6 N–H and O–H groups in total. The highest BCUT2D eigenvalue weighted by molar-refractivity contribution is 5.91. The highest BCUT2D eigenvalue weighted by Gasteiger charge is 2.46. The van der Waals surface area contributed by atoms with Crippen LogP contribution in [0.15, 0.2) is 36.4 Å². The van der Waals surface area contributed by atoms with Crippen molar-refractivity contribution in [3.63, 3.8) is 0 Å². The number of carbonyl (C=O) groups excluding carboxylic acids is 2. The fourth-order valence-electron chi connectivity index (χ4n) is 4.89.